The Hall–Kier alpha value is -2.86. The van der Waals surface area contributed by atoms with Gasteiger partial charge in [-0.1, -0.05) is 36.4 Å². The third-order valence-electron chi connectivity index (χ3n) is 5.28. The molecule has 2 aromatic rings. The van der Waals surface area contributed by atoms with Gasteiger partial charge in [-0.05, 0) is 43.5 Å². The molecule has 0 saturated carbocycles. The zero-order valence-corrected chi connectivity index (χ0v) is 17.4. The van der Waals surface area contributed by atoms with Crippen molar-refractivity contribution in [3.8, 4) is 5.75 Å². The molecule has 1 saturated heterocycles. The van der Waals surface area contributed by atoms with Crippen LogP contribution in [0, 0.1) is 20.8 Å². The predicted octanol–water partition coefficient (Wildman–Crippen LogP) is 2.77. The first kappa shape index (κ1) is 20.9. The maximum absolute atomic E-state index is 12.4. The van der Waals surface area contributed by atoms with Gasteiger partial charge in [0.1, 0.15) is 5.75 Å². The van der Waals surface area contributed by atoms with Gasteiger partial charge in [-0.15, -0.1) is 0 Å². The number of benzene rings is 2. The summed E-state index contributed by atoms with van der Waals surface area (Å²) < 4.78 is 5.66. The smallest absolute Gasteiger partial charge is 0.260 e. The average Bonchev–Trinajstić information content (AvgIpc) is 2.70. The van der Waals surface area contributed by atoms with Gasteiger partial charge in [0.05, 0.1) is 6.54 Å². The standard InChI is InChI=1S/C23H29N3O3/c1-17-7-4-5-10-20(17)29-16-22(28)26-13-11-25(12-14-26)15-21(27)24-23-18(2)8-6-9-19(23)3/h4-10H,11-16H2,1-3H3,(H,24,27). The molecular formula is C23H29N3O3. The number of nitrogens with one attached hydrogen (secondary N) is 1. The van der Waals surface area contributed by atoms with Gasteiger partial charge >= 0.3 is 0 Å². The molecule has 154 valence electrons. The van der Waals surface area contributed by atoms with Crippen LogP contribution in [-0.2, 0) is 9.59 Å². The third kappa shape index (κ3) is 5.57. The number of hydrogen-bond acceptors (Lipinski definition) is 4. The van der Waals surface area contributed by atoms with Crippen molar-refractivity contribution in [2.75, 3.05) is 44.6 Å². The van der Waals surface area contributed by atoms with Crippen LogP contribution in [-0.4, -0.2) is 60.9 Å². The van der Waals surface area contributed by atoms with Gasteiger partial charge in [0, 0.05) is 31.9 Å². The van der Waals surface area contributed by atoms with E-state index in [1.54, 1.807) is 4.90 Å². The normalized spacial score (nSPS) is 14.5. The van der Waals surface area contributed by atoms with Crippen LogP contribution >= 0.6 is 0 Å². The topological polar surface area (TPSA) is 61.9 Å². The Morgan fingerprint density at radius 2 is 1.52 bits per heavy atom. The van der Waals surface area contributed by atoms with Gasteiger partial charge in [0.15, 0.2) is 6.61 Å². The summed E-state index contributed by atoms with van der Waals surface area (Å²) in [5.74, 6) is 0.695. The van der Waals surface area contributed by atoms with Crippen molar-refractivity contribution >= 4 is 17.5 Å². The molecule has 1 aliphatic heterocycles. The number of nitrogens with zero attached hydrogens (tertiary/aromatic N) is 2. The quantitative estimate of drug-likeness (QED) is 0.817. The van der Waals surface area contributed by atoms with Crippen molar-refractivity contribution < 1.29 is 14.3 Å². The van der Waals surface area contributed by atoms with Crippen LogP contribution in [0.25, 0.3) is 0 Å². The molecule has 0 unspecified atom stereocenters. The van der Waals surface area contributed by atoms with E-state index in [4.69, 9.17) is 4.74 Å². The van der Waals surface area contributed by atoms with E-state index in [1.807, 2.05) is 63.2 Å². The molecule has 0 spiro atoms. The second kappa shape index (κ2) is 9.56. The van der Waals surface area contributed by atoms with Gasteiger partial charge in [0.2, 0.25) is 5.91 Å². The van der Waals surface area contributed by atoms with Gasteiger partial charge in [-0.2, -0.15) is 0 Å². The number of ether oxygens (including phenoxy) is 1. The second-order valence-electron chi connectivity index (χ2n) is 7.53. The van der Waals surface area contributed by atoms with E-state index in [9.17, 15) is 9.59 Å². The highest BCUT2D eigenvalue weighted by molar-refractivity contribution is 5.93. The monoisotopic (exact) mass is 395 g/mol. The summed E-state index contributed by atoms with van der Waals surface area (Å²) in [5.41, 5.74) is 4.02. The summed E-state index contributed by atoms with van der Waals surface area (Å²) >= 11 is 0. The molecule has 1 fully saturated rings. The summed E-state index contributed by atoms with van der Waals surface area (Å²) in [6.07, 6.45) is 0. The highest BCUT2D eigenvalue weighted by Gasteiger charge is 2.23. The molecule has 1 aliphatic rings. The Morgan fingerprint density at radius 3 is 2.17 bits per heavy atom. The molecule has 0 aromatic heterocycles. The average molecular weight is 396 g/mol. The Labute approximate surface area is 172 Å². The van der Waals surface area contributed by atoms with Crippen LogP contribution < -0.4 is 10.1 Å². The van der Waals surface area contributed by atoms with Gasteiger partial charge < -0.3 is 15.0 Å². The van der Waals surface area contributed by atoms with Gasteiger partial charge in [-0.25, -0.2) is 0 Å². The molecule has 1 heterocycles. The first-order chi connectivity index (χ1) is 13.9. The zero-order valence-electron chi connectivity index (χ0n) is 17.4. The summed E-state index contributed by atoms with van der Waals surface area (Å²) in [6, 6.07) is 13.6. The number of para-hydroxylation sites is 2. The molecule has 2 amide bonds. The lowest BCUT2D eigenvalue weighted by Gasteiger charge is -2.34. The van der Waals surface area contributed by atoms with Crippen molar-refractivity contribution in [3.63, 3.8) is 0 Å². The summed E-state index contributed by atoms with van der Waals surface area (Å²) in [5, 5.41) is 3.02. The van der Waals surface area contributed by atoms with E-state index in [2.05, 4.69) is 10.2 Å². The largest absolute Gasteiger partial charge is 0.484 e. The molecule has 29 heavy (non-hydrogen) atoms. The molecule has 2 aromatic carbocycles. The molecule has 0 atom stereocenters. The Balaban J connectivity index is 1.43. The van der Waals surface area contributed by atoms with Crippen molar-refractivity contribution in [1.82, 2.24) is 9.80 Å². The first-order valence-electron chi connectivity index (χ1n) is 9.98. The number of carbonyl (C=O) groups excluding carboxylic acids is 2. The van der Waals surface area contributed by atoms with E-state index in [0.717, 1.165) is 28.1 Å². The van der Waals surface area contributed by atoms with E-state index in [1.165, 1.54) is 0 Å². The zero-order chi connectivity index (χ0) is 20.8. The molecule has 1 N–H and O–H groups in total. The maximum atomic E-state index is 12.4. The molecule has 0 bridgehead atoms. The van der Waals surface area contributed by atoms with Crippen molar-refractivity contribution in [2.45, 2.75) is 20.8 Å². The van der Waals surface area contributed by atoms with Crippen LogP contribution in [0.3, 0.4) is 0 Å². The fourth-order valence-corrected chi connectivity index (χ4v) is 3.50. The molecule has 6 nitrogen and oxygen atoms in total. The van der Waals surface area contributed by atoms with Gasteiger partial charge in [-0.3, -0.25) is 14.5 Å². The van der Waals surface area contributed by atoms with E-state index < -0.39 is 0 Å². The molecule has 0 aliphatic carbocycles. The van der Waals surface area contributed by atoms with Crippen LogP contribution in [0.15, 0.2) is 42.5 Å². The minimum Gasteiger partial charge on any atom is -0.484 e. The number of carbonyl (C=O) groups is 2. The van der Waals surface area contributed by atoms with Crippen molar-refractivity contribution in [3.05, 3.63) is 59.2 Å². The van der Waals surface area contributed by atoms with Crippen molar-refractivity contribution in [2.24, 2.45) is 0 Å². The lowest BCUT2D eigenvalue weighted by atomic mass is 10.1. The predicted molar refractivity (Wildman–Crippen MR) is 114 cm³/mol. The van der Waals surface area contributed by atoms with Crippen LogP contribution in [0.2, 0.25) is 0 Å². The molecular weight excluding hydrogens is 366 g/mol. The fraction of sp³-hybridized carbons (Fsp3) is 0.391. The minimum absolute atomic E-state index is 0.0205. The van der Waals surface area contributed by atoms with Crippen molar-refractivity contribution in [1.29, 1.82) is 0 Å². The van der Waals surface area contributed by atoms with Crippen LogP contribution in [0.1, 0.15) is 16.7 Å². The minimum atomic E-state index is -0.0231. The van der Waals surface area contributed by atoms with E-state index >= 15 is 0 Å². The maximum Gasteiger partial charge on any atom is 0.260 e. The van der Waals surface area contributed by atoms with E-state index in [-0.39, 0.29) is 18.4 Å². The second-order valence-corrected chi connectivity index (χ2v) is 7.53. The van der Waals surface area contributed by atoms with Crippen LogP contribution in [0.5, 0.6) is 5.75 Å². The first-order valence-corrected chi connectivity index (χ1v) is 9.98. The number of rotatable bonds is 6. The van der Waals surface area contributed by atoms with E-state index in [0.29, 0.717) is 32.7 Å². The lowest BCUT2D eigenvalue weighted by Crippen LogP contribution is -2.51. The summed E-state index contributed by atoms with van der Waals surface area (Å²) in [7, 11) is 0. The Kier molecular flexibility index (Phi) is 6.88. The molecule has 6 heteroatoms. The number of anilines is 1. The summed E-state index contributed by atoms with van der Waals surface area (Å²) in [6.45, 7) is 8.87. The van der Waals surface area contributed by atoms with Gasteiger partial charge in [0.25, 0.3) is 5.91 Å². The SMILES string of the molecule is Cc1ccccc1OCC(=O)N1CCN(CC(=O)Nc2c(C)cccc2C)CC1. The third-order valence-corrected chi connectivity index (χ3v) is 5.28. The lowest BCUT2D eigenvalue weighted by molar-refractivity contribution is -0.135. The Bertz CT molecular complexity index is 853. The number of piperazine rings is 1. The molecule has 0 radical (unpaired) electrons. The number of aryl methyl sites for hydroxylation is 3. The summed E-state index contributed by atoms with van der Waals surface area (Å²) in [4.78, 5) is 28.8. The van der Waals surface area contributed by atoms with Crippen LogP contribution in [0.4, 0.5) is 5.69 Å². The highest BCUT2D eigenvalue weighted by atomic mass is 16.5. The number of hydrogen-bond donors (Lipinski definition) is 1. The molecule has 3 rings (SSSR count). The Morgan fingerprint density at radius 1 is 0.897 bits per heavy atom. The highest BCUT2D eigenvalue weighted by Crippen LogP contribution is 2.19. The number of amides is 2. The fourth-order valence-electron chi connectivity index (χ4n) is 3.50.